The second-order valence-electron chi connectivity index (χ2n) is 6.99. The molecule has 1 saturated heterocycles. The summed E-state index contributed by atoms with van der Waals surface area (Å²) in [4.78, 5) is 25.7. The highest BCUT2D eigenvalue weighted by Gasteiger charge is 2.22. The fraction of sp³-hybridized carbons (Fsp3) is 0.450. The molecule has 2 aromatic rings. The minimum absolute atomic E-state index is 0.0283. The number of benzene rings is 1. The number of carbonyl (C=O) groups is 1. The summed E-state index contributed by atoms with van der Waals surface area (Å²) in [6, 6.07) is 5.43. The average molecular weight is 383 g/mol. The van der Waals surface area contributed by atoms with Gasteiger partial charge in [0.1, 0.15) is 12.1 Å². The molecule has 1 N–H and O–H groups in total. The van der Waals surface area contributed by atoms with Crippen LogP contribution in [0, 0.1) is 6.92 Å². The van der Waals surface area contributed by atoms with Gasteiger partial charge in [-0.25, -0.2) is 9.97 Å². The molecule has 0 spiro atoms. The summed E-state index contributed by atoms with van der Waals surface area (Å²) in [6.45, 7) is 8.09. The monoisotopic (exact) mass is 383 g/mol. The molecule has 1 aromatic carbocycles. The van der Waals surface area contributed by atoms with Crippen molar-refractivity contribution in [2.45, 2.75) is 20.3 Å². The van der Waals surface area contributed by atoms with Gasteiger partial charge in [-0.3, -0.25) is 9.69 Å². The van der Waals surface area contributed by atoms with Crippen LogP contribution in [0.1, 0.15) is 18.2 Å². The van der Waals surface area contributed by atoms with E-state index in [9.17, 15) is 4.79 Å². The lowest BCUT2D eigenvalue weighted by molar-refractivity contribution is -0.117. The Bertz CT molecular complexity index is 865. The Labute approximate surface area is 164 Å². The van der Waals surface area contributed by atoms with Crippen LogP contribution < -0.4 is 19.7 Å². The number of piperazine rings is 1. The van der Waals surface area contributed by atoms with Gasteiger partial charge in [-0.05, 0) is 25.5 Å². The summed E-state index contributed by atoms with van der Waals surface area (Å²) in [6.07, 6.45) is 2.55. The van der Waals surface area contributed by atoms with Gasteiger partial charge in [0.2, 0.25) is 12.7 Å². The van der Waals surface area contributed by atoms with Gasteiger partial charge in [0.25, 0.3) is 0 Å². The van der Waals surface area contributed by atoms with Gasteiger partial charge in [-0.2, -0.15) is 0 Å². The molecule has 148 valence electrons. The predicted molar refractivity (Wildman–Crippen MR) is 106 cm³/mol. The zero-order valence-corrected chi connectivity index (χ0v) is 16.3. The molecule has 1 amide bonds. The van der Waals surface area contributed by atoms with Crippen LogP contribution in [-0.4, -0.2) is 60.3 Å². The molecule has 0 saturated carbocycles. The Morgan fingerprint density at radius 3 is 2.71 bits per heavy atom. The highest BCUT2D eigenvalue weighted by molar-refractivity contribution is 5.92. The van der Waals surface area contributed by atoms with E-state index >= 15 is 0 Å². The number of amides is 1. The number of rotatable bonds is 5. The van der Waals surface area contributed by atoms with Crippen LogP contribution in [0.4, 0.5) is 11.5 Å². The van der Waals surface area contributed by atoms with Crippen molar-refractivity contribution in [1.82, 2.24) is 14.9 Å². The largest absolute Gasteiger partial charge is 0.454 e. The maximum atomic E-state index is 12.4. The van der Waals surface area contributed by atoms with Crippen LogP contribution in [-0.2, 0) is 11.2 Å². The van der Waals surface area contributed by atoms with Crippen molar-refractivity contribution >= 4 is 17.4 Å². The molecule has 4 rings (SSSR count). The molecule has 0 aliphatic carbocycles. The molecule has 2 aliphatic rings. The number of aryl methyl sites for hydroxylation is 1. The van der Waals surface area contributed by atoms with Crippen molar-refractivity contribution in [3.63, 3.8) is 0 Å². The van der Waals surface area contributed by atoms with Crippen molar-refractivity contribution in [3.05, 3.63) is 35.8 Å². The topological polar surface area (TPSA) is 79.8 Å². The van der Waals surface area contributed by atoms with Crippen LogP contribution >= 0.6 is 0 Å². The molecule has 8 nitrogen and oxygen atoms in total. The number of fused-ring (bicyclic) bond motifs is 1. The number of anilines is 2. The van der Waals surface area contributed by atoms with Gasteiger partial charge >= 0.3 is 0 Å². The average Bonchev–Trinajstić information content (AvgIpc) is 3.16. The highest BCUT2D eigenvalue weighted by atomic mass is 16.7. The zero-order valence-electron chi connectivity index (χ0n) is 16.3. The van der Waals surface area contributed by atoms with Crippen LogP contribution in [0.25, 0.3) is 0 Å². The minimum atomic E-state index is -0.0283. The molecule has 0 radical (unpaired) electrons. The van der Waals surface area contributed by atoms with Crippen LogP contribution in [0.5, 0.6) is 11.5 Å². The summed E-state index contributed by atoms with van der Waals surface area (Å²) >= 11 is 0. The number of hydrogen-bond acceptors (Lipinski definition) is 7. The van der Waals surface area contributed by atoms with E-state index < -0.39 is 0 Å². The Balaban J connectivity index is 1.31. The van der Waals surface area contributed by atoms with E-state index in [1.165, 1.54) is 5.56 Å². The standard InChI is InChI=1S/C20H25N5O3/c1-3-16-14(2)21-12-22-20(16)25-8-6-24(7-9-25)11-19(26)23-15-4-5-17-18(10-15)28-13-27-17/h4-5,10,12H,3,6-9,11,13H2,1-2H3,(H,23,26). The van der Waals surface area contributed by atoms with Gasteiger partial charge in [0.05, 0.1) is 6.54 Å². The minimum Gasteiger partial charge on any atom is -0.454 e. The Hall–Kier alpha value is -2.87. The lowest BCUT2D eigenvalue weighted by atomic mass is 10.1. The summed E-state index contributed by atoms with van der Waals surface area (Å²) in [5.41, 5.74) is 2.96. The Morgan fingerprint density at radius 1 is 1.14 bits per heavy atom. The summed E-state index contributed by atoms with van der Waals surface area (Å²) in [7, 11) is 0. The van der Waals surface area contributed by atoms with Gasteiger partial charge in [-0.15, -0.1) is 0 Å². The first kappa shape index (κ1) is 18.5. The van der Waals surface area contributed by atoms with Crippen LogP contribution in [0.3, 0.4) is 0 Å². The van der Waals surface area contributed by atoms with Crippen molar-refractivity contribution in [2.24, 2.45) is 0 Å². The van der Waals surface area contributed by atoms with Gasteiger partial charge in [-0.1, -0.05) is 6.92 Å². The van der Waals surface area contributed by atoms with Gasteiger partial charge in [0, 0.05) is 49.2 Å². The molecular weight excluding hydrogens is 358 g/mol. The van der Waals surface area contributed by atoms with Crippen molar-refractivity contribution in [3.8, 4) is 11.5 Å². The summed E-state index contributed by atoms with van der Waals surface area (Å²) < 4.78 is 10.6. The van der Waals surface area contributed by atoms with Crippen LogP contribution in [0.2, 0.25) is 0 Å². The molecule has 1 aromatic heterocycles. The second kappa shape index (κ2) is 8.02. The maximum Gasteiger partial charge on any atom is 0.238 e. The van der Waals surface area contributed by atoms with Crippen molar-refractivity contribution in [2.75, 3.05) is 49.7 Å². The predicted octanol–water partition coefficient (Wildman–Crippen LogP) is 1.84. The first-order chi connectivity index (χ1) is 13.6. The zero-order chi connectivity index (χ0) is 19.5. The molecule has 28 heavy (non-hydrogen) atoms. The van der Waals surface area contributed by atoms with E-state index in [1.807, 2.05) is 19.1 Å². The first-order valence-corrected chi connectivity index (χ1v) is 9.61. The highest BCUT2D eigenvalue weighted by Crippen LogP contribution is 2.34. The van der Waals surface area contributed by atoms with Gasteiger partial charge in [0.15, 0.2) is 11.5 Å². The molecule has 0 unspecified atom stereocenters. The number of nitrogens with zero attached hydrogens (tertiary/aromatic N) is 4. The third-order valence-corrected chi connectivity index (χ3v) is 5.19. The molecule has 1 fully saturated rings. The van der Waals surface area contributed by atoms with E-state index in [2.05, 4.69) is 32.0 Å². The molecule has 0 bridgehead atoms. The SMILES string of the molecule is CCc1c(C)ncnc1N1CCN(CC(=O)Nc2ccc3c(c2)OCO3)CC1. The van der Waals surface area contributed by atoms with Crippen LogP contribution in [0.15, 0.2) is 24.5 Å². The van der Waals surface area contributed by atoms with E-state index in [0.717, 1.165) is 49.8 Å². The fourth-order valence-electron chi connectivity index (χ4n) is 3.67. The third-order valence-electron chi connectivity index (χ3n) is 5.19. The number of nitrogens with one attached hydrogen (secondary N) is 1. The second-order valence-corrected chi connectivity index (χ2v) is 6.99. The normalized spacial score (nSPS) is 16.3. The molecule has 8 heteroatoms. The fourth-order valence-corrected chi connectivity index (χ4v) is 3.67. The van der Waals surface area contributed by atoms with E-state index in [1.54, 1.807) is 12.4 Å². The Morgan fingerprint density at radius 2 is 1.93 bits per heavy atom. The molecule has 2 aliphatic heterocycles. The van der Waals surface area contributed by atoms with Gasteiger partial charge < -0.3 is 19.7 Å². The smallest absolute Gasteiger partial charge is 0.238 e. The maximum absolute atomic E-state index is 12.4. The number of aromatic nitrogens is 2. The van der Waals surface area contributed by atoms with Crippen molar-refractivity contribution < 1.29 is 14.3 Å². The van der Waals surface area contributed by atoms with Crippen molar-refractivity contribution in [1.29, 1.82) is 0 Å². The first-order valence-electron chi connectivity index (χ1n) is 9.61. The van der Waals surface area contributed by atoms with E-state index in [0.29, 0.717) is 18.0 Å². The number of ether oxygens (including phenoxy) is 2. The summed E-state index contributed by atoms with van der Waals surface area (Å²) in [5, 5.41) is 2.94. The van der Waals surface area contributed by atoms with E-state index in [4.69, 9.17) is 9.47 Å². The molecule has 3 heterocycles. The molecular formula is C20H25N5O3. The molecule has 0 atom stereocenters. The quantitative estimate of drug-likeness (QED) is 0.844. The third kappa shape index (κ3) is 3.87. The number of hydrogen-bond donors (Lipinski definition) is 1. The van der Waals surface area contributed by atoms with E-state index in [-0.39, 0.29) is 12.7 Å². The lowest BCUT2D eigenvalue weighted by Gasteiger charge is -2.35. The Kier molecular flexibility index (Phi) is 5.29. The summed E-state index contributed by atoms with van der Waals surface area (Å²) in [5.74, 6) is 2.37. The number of carbonyl (C=O) groups excluding carboxylic acids is 1. The lowest BCUT2D eigenvalue weighted by Crippen LogP contribution is -2.49.